The van der Waals surface area contributed by atoms with Crippen LogP contribution in [0, 0.1) is 5.82 Å². The maximum absolute atomic E-state index is 13.0. The van der Waals surface area contributed by atoms with E-state index in [1.54, 1.807) is 18.2 Å². The number of carbonyl (C=O) groups is 2. The first-order valence-corrected chi connectivity index (χ1v) is 9.49. The lowest BCUT2D eigenvalue weighted by Crippen LogP contribution is -2.17. The molecule has 1 heterocycles. The second kappa shape index (κ2) is 8.20. The summed E-state index contributed by atoms with van der Waals surface area (Å²) in [6.07, 6.45) is 1.65. The molecule has 27 heavy (non-hydrogen) atoms. The van der Waals surface area contributed by atoms with Crippen LogP contribution in [0.15, 0.2) is 45.8 Å². The molecule has 2 aromatic carbocycles. The van der Waals surface area contributed by atoms with Gasteiger partial charge in [0, 0.05) is 0 Å². The van der Waals surface area contributed by atoms with Crippen molar-refractivity contribution in [2.45, 2.75) is 0 Å². The van der Waals surface area contributed by atoms with Crippen molar-refractivity contribution in [3.63, 3.8) is 0 Å². The van der Waals surface area contributed by atoms with E-state index in [-0.39, 0.29) is 23.0 Å². The molecule has 1 aliphatic heterocycles. The first-order chi connectivity index (χ1) is 12.9. The van der Waals surface area contributed by atoms with Crippen molar-refractivity contribution >= 4 is 62.2 Å². The summed E-state index contributed by atoms with van der Waals surface area (Å²) in [7, 11) is 1.43. The summed E-state index contributed by atoms with van der Waals surface area (Å²) in [5.41, 5.74) is 0.853. The van der Waals surface area contributed by atoms with Crippen LogP contribution in [0.2, 0.25) is 0 Å². The molecule has 5 nitrogen and oxygen atoms in total. The number of rotatable bonds is 4. The molecule has 1 fully saturated rings. The third-order valence-electron chi connectivity index (χ3n) is 3.47. The lowest BCUT2D eigenvalue weighted by Gasteiger charge is -2.12. The largest absolute Gasteiger partial charge is 0.493 e. The number of hydrogen-bond donors (Lipinski definition) is 1. The minimum atomic E-state index is -0.656. The molecule has 1 N–H and O–H groups in total. The Hall–Kier alpha value is -2.23. The van der Waals surface area contributed by atoms with E-state index >= 15 is 0 Å². The summed E-state index contributed by atoms with van der Waals surface area (Å²) < 4.78 is 24.5. The molecular formula is C18H11BrFNO4S2. The first-order valence-electron chi connectivity index (χ1n) is 7.47. The van der Waals surface area contributed by atoms with Gasteiger partial charge < -0.3 is 14.8 Å². The van der Waals surface area contributed by atoms with Crippen LogP contribution < -0.4 is 14.8 Å². The smallest absolute Gasteiger partial charge is 0.343 e. The number of esters is 1. The summed E-state index contributed by atoms with van der Waals surface area (Å²) in [5.74, 6) is -0.912. The van der Waals surface area contributed by atoms with E-state index in [2.05, 4.69) is 21.2 Å². The van der Waals surface area contributed by atoms with Gasteiger partial charge >= 0.3 is 5.97 Å². The lowest BCUT2D eigenvalue weighted by molar-refractivity contribution is -0.115. The van der Waals surface area contributed by atoms with E-state index in [9.17, 15) is 14.0 Å². The van der Waals surface area contributed by atoms with Crippen molar-refractivity contribution in [1.82, 2.24) is 5.32 Å². The van der Waals surface area contributed by atoms with Crippen molar-refractivity contribution in [2.24, 2.45) is 0 Å². The third kappa shape index (κ3) is 4.55. The maximum Gasteiger partial charge on any atom is 0.343 e. The molecule has 3 rings (SSSR count). The molecule has 0 radical (unpaired) electrons. The van der Waals surface area contributed by atoms with Crippen LogP contribution in [0.1, 0.15) is 15.9 Å². The Labute approximate surface area is 172 Å². The highest BCUT2D eigenvalue weighted by molar-refractivity contribution is 9.10. The average molecular weight is 468 g/mol. The fourth-order valence-electron chi connectivity index (χ4n) is 2.23. The second-order valence-electron chi connectivity index (χ2n) is 5.28. The van der Waals surface area contributed by atoms with E-state index in [0.717, 1.165) is 11.8 Å². The monoisotopic (exact) mass is 467 g/mol. The molecule has 0 atom stereocenters. The molecule has 0 spiro atoms. The van der Waals surface area contributed by atoms with Gasteiger partial charge in [-0.15, -0.1) is 0 Å². The van der Waals surface area contributed by atoms with Crippen molar-refractivity contribution in [3.8, 4) is 11.5 Å². The number of benzene rings is 2. The van der Waals surface area contributed by atoms with Crippen LogP contribution in [0.5, 0.6) is 11.5 Å². The second-order valence-corrected chi connectivity index (χ2v) is 7.86. The summed E-state index contributed by atoms with van der Waals surface area (Å²) in [6, 6.07) is 8.31. The normalized spacial score (nSPS) is 15.0. The molecule has 0 aromatic heterocycles. The number of thioether (sulfide) groups is 1. The zero-order chi connectivity index (χ0) is 19.6. The van der Waals surface area contributed by atoms with Gasteiger partial charge in [0.2, 0.25) is 0 Å². The van der Waals surface area contributed by atoms with E-state index in [1.165, 1.54) is 31.4 Å². The van der Waals surface area contributed by atoms with E-state index in [0.29, 0.717) is 19.3 Å². The Kier molecular flexibility index (Phi) is 5.93. The first kappa shape index (κ1) is 19.5. The fraction of sp³-hybridized carbons (Fsp3) is 0.0556. The Morgan fingerprint density at radius 1 is 1.30 bits per heavy atom. The zero-order valence-corrected chi connectivity index (χ0v) is 17.0. The van der Waals surface area contributed by atoms with Gasteiger partial charge in [0.15, 0.2) is 11.5 Å². The third-order valence-corrected chi connectivity index (χ3v) is 5.22. The topological polar surface area (TPSA) is 64.6 Å². The number of ether oxygens (including phenoxy) is 2. The molecule has 2 aromatic rings. The number of halogens is 2. The average Bonchev–Trinajstić information content (AvgIpc) is 2.94. The predicted octanol–water partition coefficient (Wildman–Crippen LogP) is 4.30. The van der Waals surface area contributed by atoms with E-state index in [4.69, 9.17) is 21.7 Å². The molecular weight excluding hydrogens is 457 g/mol. The Morgan fingerprint density at radius 3 is 2.59 bits per heavy atom. The fourth-order valence-corrected chi connectivity index (χ4v) is 3.82. The Balaban J connectivity index is 1.89. The molecule has 1 aliphatic rings. The van der Waals surface area contributed by atoms with Crippen molar-refractivity contribution in [1.29, 1.82) is 0 Å². The maximum atomic E-state index is 13.0. The number of hydrogen-bond acceptors (Lipinski definition) is 6. The standard InChI is InChI=1S/C18H11BrFNO4S2/c1-24-13-7-9(8-14-16(22)21-18(26)27-14)6-12(19)15(13)25-17(23)10-2-4-11(20)5-3-10/h2-8H,1H3,(H,21,22,26)/b14-8-. The van der Waals surface area contributed by atoms with Crippen molar-refractivity contribution in [3.05, 3.63) is 62.7 Å². The molecule has 0 aliphatic carbocycles. The van der Waals surface area contributed by atoms with Gasteiger partial charge in [-0.2, -0.15) is 0 Å². The van der Waals surface area contributed by atoms with Gasteiger partial charge in [-0.05, 0) is 64.0 Å². The molecule has 0 saturated carbocycles. The van der Waals surface area contributed by atoms with Gasteiger partial charge in [-0.3, -0.25) is 4.79 Å². The summed E-state index contributed by atoms with van der Waals surface area (Å²) in [5, 5.41) is 2.54. The summed E-state index contributed by atoms with van der Waals surface area (Å²) in [6.45, 7) is 0. The van der Waals surface area contributed by atoms with Crippen LogP contribution in [0.25, 0.3) is 6.08 Å². The summed E-state index contributed by atoms with van der Waals surface area (Å²) >= 11 is 9.47. The van der Waals surface area contributed by atoms with Gasteiger partial charge in [-0.25, -0.2) is 9.18 Å². The van der Waals surface area contributed by atoms with Gasteiger partial charge in [0.05, 0.1) is 22.1 Å². The van der Waals surface area contributed by atoms with Crippen LogP contribution in [-0.4, -0.2) is 23.3 Å². The zero-order valence-electron chi connectivity index (χ0n) is 13.7. The number of thiocarbonyl (C=S) groups is 1. The van der Waals surface area contributed by atoms with E-state index < -0.39 is 11.8 Å². The molecule has 1 saturated heterocycles. The van der Waals surface area contributed by atoms with Gasteiger partial charge in [-0.1, -0.05) is 24.0 Å². The Bertz CT molecular complexity index is 976. The van der Waals surface area contributed by atoms with Crippen molar-refractivity contribution < 1.29 is 23.5 Å². The van der Waals surface area contributed by atoms with Crippen LogP contribution in [0.3, 0.4) is 0 Å². The highest BCUT2D eigenvalue weighted by atomic mass is 79.9. The molecule has 0 unspecified atom stereocenters. The number of carbonyl (C=O) groups excluding carboxylic acids is 2. The minimum absolute atomic E-state index is 0.174. The highest BCUT2D eigenvalue weighted by Gasteiger charge is 2.23. The predicted molar refractivity (Wildman–Crippen MR) is 108 cm³/mol. The van der Waals surface area contributed by atoms with Gasteiger partial charge in [0.25, 0.3) is 5.91 Å². The SMILES string of the molecule is COc1cc(/C=C2\SC(=S)NC2=O)cc(Br)c1OC(=O)c1ccc(F)cc1. The van der Waals surface area contributed by atoms with E-state index in [1.807, 2.05) is 0 Å². The van der Waals surface area contributed by atoms with Crippen molar-refractivity contribution in [2.75, 3.05) is 7.11 Å². The quantitative estimate of drug-likeness (QED) is 0.313. The molecule has 138 valence electrons. The molecule has 1 amide bonds. The number of nitrogens with one attached hydrogen (secondary N) is 1. The highest BCUT2D eigenvalue weighted by Crippen LogP contribution is 2.38. The summed E-state index contributed by atoms with van der Waals surface area (Å²) in [4.78, 5) is 24.5. The van der Waals surface area contributed by atoms with Crippen LogP contribution in [0.4, 0.5) is 4.39 Å². The van der Waals surface area contributed by atoms with Gasteiger partial charge in [0.1, 0.15) is 10.1 Å². The lowest BCUT2D eigenvalue weighted by atomic mass is 10.1. The number of amides is 1. The van der Waals surface area contributed by atoms with Crippen LogP contribution >= 0.6 is 39.9 Å². The molecule has 0 bridgehead atoms. The van der Waals surface area contributed by atoms with Crippen LogP contribution in [-0.2, 0) is 4.79 Å². The minimum Gasteiger partial charge on any atom is -0.493 e. The Morgan fingerprint density at radius 2 is 2.00 bits per heavy atom. The molecule has 9 heteroatoms. The number of methoxy groups -OCH3 is 1.